The van der Waals surface area contributed by atoms with Gasteiger partial charge in [-0.15, -0.1) is 0 Å². The summed E-state index contributed by atoms with van der Waals surface area (Å²) in [5.74, 6) is 0.124. The molecule has 0 N–H and O–H groups in total. The largest absolute Gasteiger partial charge is 0.292 e. The minimum atomic E-state index is 0.124. The Labute approximate surface area is 123 Å². The molecule has 0 fully saturated rings. The molecule has 0 bridgehead atoms. The fourth-order valence-corrected chi connectivity index (χ4v) is 3.12. The molecular formula is C18H16N2O. The van der Waals surface area contributed by atoms with Crippen molar-refractivity contribution in [2.45, 2.75) is 25.8 Å². The summed E-state index contributed by atoms with van der Waals surface area (Å²) in [7, 11) is 0. The molecule has 0 saturated carbocycles. The Hall–Kier alpha value is -2.42. The highest BCUT2D eigenvalue weighted by Crippen LogP contribution is 2.23. The van der Waals surface area contributed by atoms with Gasteiger partial charge in [0.1, 0.15) is 6.54 Å². The number of ketones is 1. The molecule has 1 heterocycles. The second kappa shape index (κ2) is 4.85. The van der Waals surface area contributed by atoms with E-state index in [9.17, 15) is 4.79 Å². The fraction of sp³-hybridized carbons (Fsp3) is 0.222. The zero-order valence-corrected chi connectivity index (χ0v) is 11.7. The lowest BCUT2D eigenvalue weighted by molar-refractivity contribution is 0.0969. The number of Topliss-reactive ketones (excluding diaryl/α,β-unsaturated/α-hetero) is 1. The molecular weight excluding hydrogens is 260 g/mol. The van der Waals surface area contributed by atoms with Gasteiger partial charge in [0.05, 0.1) is 11.7 Å². The van der Waals surface area contributed by atoms with Crippen LogP contribution in [0.3, 0.4) is 0 Å². The first-order chi connectivity index (χ1) is 10.3. The molecule has 0 unspecified atom stereocenters. The summed E-state index contributed by atoms with van der Waals surface area (Å²) in [5.41, 5.74) is 4.55. The lowest BCUT2D eigenvalue weighted by Crippen LogP contribution is -2.11. The Morgan fingerprint density at radius 1 is 1.10 bits per heavy atom. The summed E-state index contributed by atoms with van der Waals surface area (Å²) >= 11 is 0. The minimum Gasteiger partial charge on any atom is -0.292 e. The highest BCUT2D eigenvalue weighted by Gasteiger charge is 2.15. The summed E-state index contributed by atoms with van der Waals surface area (Å²) in [6.07, 6.45) is 5.26. The molecule has 2 aromatic carbocycles. The standard InChI is InChI=1S/C18H16N2O/c21-18(15-9-8-13-5-3-6-14(13)10-15)12-20-17-7-2-1-4-16(17)11-19-20/h1-2,4,7-11H,3,5-6,12H2. The normalized spacial score (nSPS) is 13.5. The smallest absolute Gasteiger partial charge is 0.184 e. The molecule has 3 nitrogen and oxygen atoms in total. The van der Waals surface area contributed by atoms with Crippen molar-refractivity contribution in [1.82, 2.24) is 9.78 Å². The molecule has 3 aromatic rings. The Balaban J connectivity index is 1.63. The molecule has 0 aliphatic heterocycles. The predicted molar refractivity (Wildman–Crippen MR) is 82.5 cm³/mol. The minimum absolute atomic E-state index is 0.124. The number of nitrogens with zero attached hydrogens (tertiary/aromatic N) is 2. The third-order valence-corrected chi connectivity index (χ3v) is 4.26. The van der Waals surface area contributed by atoms with Crippen LogP contribution in [-0.4, -0.2) is 15.6 Å². The maximum absolute atomic E-state index is 12.5. The SMILES string of the molecule is O=C(Cn1ncc2ccccc21)c1ccc2c(c1)CCC2. The van der Waals surface area contributed by atoms with Crippen LogP contribution in [0.15, 0.2) is 48.7 Å². The Kier molecular flexibility index (Phi) is 2.85. The molecule has 0 amide bonds. The van der Waals surface area contributed by atoms with E-state index in [0.717, 1.165) is 29.3 Å². The Bertz CT molecular complexity index is 832. The van der Waals surface area contributed by atoms with Crippen molar-refractivity contribution in [1.29, 1.82) is 0 Å². The van der Waals surface area contributed by atoms with Gasteiger partial charge in [-0.2, -0.15) is 5.10 Å². The number of para-hydroxylation sites is 1. The second-order valence-electron chi connectivity index (χ2n) is 5.62. The molecule has 1 aromatic heterocycles. The fourth-order valence-electron chi connectivity index (χ4n) is 3.12. The van der Waals surface area contributed by atoms with Crippen molar-refractivity contribution in [2.75, 3.05) is 0 Å². The van der Waals surface area contributed by atoms with Crippen molar-refractivity contribution in [2.24, 2.45) is 0 Å². The van der Waals surface area contributed by atoms with Crippen LogP contribution in [0.2, 0.25) is 0 Å². The number of carbonyl (C=O) groups is 1. The monoisotopic (exact) mass is 276 g/mol. The van der Waals surface area contributed by atoms with Gasteiger partial charge >= 0.3 is 0 Å². The quantitative estimate of drug-likeness (QED) is 0.687. The van der Waals surface area contributed by atoms with E-state index >= 15 is 0 Å². The molecule has 0 saturated heterocycles. The molecule has 4 rings (SSSR count). The van der Waals surface area contributed by atoms with Crippen LogP contribution in [-0.2, 0) is 19.4 Å². The van der Waals surface area contributed by atoms with Crippen LogP contribution in [0.4, 0.5) is 0 Å². The number of benzene rings is 2. The van der Waals surface area contributed by atoms with Crippen LogP contribution >= 0.6 is 0 Å². The number of aryl methyl sites for hydroxylation is 2. The number of hydrogen-bond donors (Lipinski definition) is 0. The number of carbonyl (C=O) groups excluding carboxylic acids is 1. The van der Waals surface area contributed by atoms with Gasteiger partial charge in [-0.1, -0.05) is 30.3 Å². The van der Waals surface area contributed by atoms with Crippen LogP contribution in [0, 0.1) is 0 Å². The average molecular weight is 276 g/mol. The molecule has 21 heavy (non-hydrogen) atoms. The summed E-state index contributed by atoms with van der Waals surface area (Å²) in [5, 5.41) is 5.40. The molecule has 0 atom stereocenters. The summed E-state index contributed by atoms with van der Waals surface area (Å²) < 4.78 is 1.78. The van der Waals surface area contributed by atoms with Crippen molar-refractivity contribution >= 4 is 16.7 Å². The molecule has 0 spiro atoms. The zero-order valence-electron chi connectivity index (χ0n) is 11.7. The average Bonchev–Trinajstić information content (AvgIpc) is 3.13. The Morgan fingerprint density at radius 3 is 2.90 bits per heavy atom. The first-order valence-corrected chi connectivity index (χ1v) is 7.37. The third-order valence-electron chi connectivity index (χ3n) is 4.26. The molecule has 1 aliphatic rings. The first kappa shape index (κ1) is 12.3. The lowest BCUT2D eigenvalue weighted by Gasteiger charge is -2.06. The van der Waals surface area contributed by atoms with Crippen LogP contribution in [0.5, 0.6) is 0 Å². The summed E-state index contributed by atoms with van der Waals surface area (Å²) in [6, 6.07) is 14.1. The van der Waals surface area contributed by atoms with E-state index < -0.39 is 0 Å². The van der Waals surface area contributed by atoms with E-state index in [1.54, 1.807) is 4.68 Å². The molecule has 0 radical (unpaired) electrons. The third kappa shape index (κ3) is 2.15. The maximum atomic E-state index is 12.5. The van der Waals surface area contributed by atoms with Crippen LogP contribution in [0.1, 0.15) is 27.9 Å². The number of aromatic nitrogens is 2. The van der Waals surface area contributed by atoms with Gasteiger partial charge in [0.2, 0.25) is 0 Å². The van der Waals surface area contributed by atoms with Crippen molar-refractivity contribution < 1.29 is 4.79 Å². The maximum Gasteiger partial charge on any atom is 0.184 e. The number of hydrogen-bond acceptors (Lipinski definition) is 2. The van der Waals surface area contributed by atoms with E-state index in [2.05, 4.69) is 17.2 Å². The predicted octanol–water partition coefficient (Wildman–Crippen LogP) is 3.41. The van der Waals surface area contributed by atoms with Gasteiger partial charge in [-0.25, -0.2) is 0 Å². The van der Waals surface area contributed by atoms with Gasteiger partial charge < -0.3 is 0 Å². The second-order valence-corrected chi connectivity index (χ2v) is 5.62. The van der Waals surface area contributed by atoms with Crippen molar-refractivity contribution in [3.63, 3.8) is 0 Å². The number of fused-ring (bicyclic) bond motifs is 2. The van der Waals surface area contributed by atoms with Gasteiger partial charge in [-0.3, -0.25) is 9.48 Å². The van der Waals surface area contributed by atoms with Gasteiger partial charge in [-0.05, 0) is 42.5 Å². The highest BCUT2D eigenvalue weighted by molar-refractivity contribution is 5.97. The van der Waals surface area contributed by atoms with E-state index in [1.807, 2.05) is 36.5 Å². The summed E-state index contributed by atoms with van der Waals surface area (Å²) in [4.78, 5) is 12.5. The van der Waals surface area contributed by atoms with E-state index in [0.29, 0.717) is 6.54 Å². The Morgan fingerprint density at radius 2 is 1.95 bits per heavy atom. The lowest BCUT2D eigenvalue weighted by atomic mass is 10.0. The van der Waals surface area contributed by atoms with Gasteiger partial charge in [0.15, 0.2) is 5.78 Å². The van der Waals surface area contributed by atoms with Crippen molar-refractivity contribution in [3.8, 4) is 0 Å². The van der Waals surface area contributed by atoms with E-state index in [1.165, 1.54) is 17.5 Å². The molecule has 104 valence electrons. The van der Waals surface area contributed by atoms with Crippen molar-refractivity contribution in [3.05, 3.63) is 65.4 Å². The number of rotatable bonds is 3. The van der Waals surface area contributed by atoms with Gasteiger partial charge in [0.25, 0.3) is 0 Å². The molecule has 3 heteroatoms. The summed E-state index contributed by atoms with van der Waals surface area (Å²) in [6.45, 7) is 0.298. The van der Waals surface area contributed by atoms with Crippen LogP contribution in [0.25, 0.3) is 10.9 Å². The topological polar surface area (TPSA) is 34.9 Å². The zero-order chi connectivity index (χ0) is 14.2. The highest BCUT2D eigenvalue weighted by atomic mass is 16.1. The van der Waals surface area contributed by atoms with Crippen LogP contribution < -0.4 is 0 Å². The van der Waals surface area contributed by atoms with E-state index in [4.69, 9.17) is 0 Å². The van der Waals surface area contributed by atoms with Gasteiger partial charge in [0, 0.05) is 10.9 Å². The molecule has 1 aliphatic carbocycles. The first-order valence-electron chi connectivity index (χ1n) is 7.37. The van der Waals surface area contributed by atoms with E-state index in [-0.39, 0.29) is 5.78 Å².